The van der Waals surface area contributed by atoms with Gasteiger partial charge in [0.1, 0.15) is 5.82 Å². The highest BCUT2D eigenvalue weighted by Gasteiger charge is 2.10. The number of anilines is 2. The van der Waals surface area contributed by atoms with E-state index in [-0.39, 0.29) is 17.9 Å². The molecule has 1 aromatic heterocycles. The number of carbonyl (C=O) groups is 1. The Morgan fingerprint density at radius 3 is 2.41 bits per heavy atom. The molecular formula is C15H18ClN5O. The van der Waals surface area contributed by atoms with Crippen LogP contribution in [0.1, 0.15) is 38.2 Å². The van der Waals surface area contributed by atoms with Gasteiger partial charge in [-0.05, 0) is 24.6 Å². The quantitative estimate of drug-likeness (QED) is 0.884. The van der Waals surface area contributed by atoms with Gasteiger partial charge >= 0.3 is 0 Å². The fraction of sp³-hybridized carbons (Fsp3) is 0.333. The summed E-state index contributed by atoms with van der Waals surface area (Å²) in [6.07, 6.45) is 0.652. The minimum absolute atomic E-state index is 0.00505. The van der Waals surface area contributed by atoms with Crippen molar-refractivity contribution in [3.63, 3.8) is 0 Å². The molecule has 0 saturated carbocycles. The maximum atomic E-state index is 11.2. The predicted octanol–water partition coefficient (Wildman–Crippen LogP) is 3.22. The summed E-state index contributed by atoms with van der Waals surface area (Å²) in [6.45, 7) is 5.36. The summed E-state index contributed by atoms with van der Waals surface area (Å²) in [4.78, 5) is 23.9. The van der Waals surface area contributed by atoms with Crippen molar-refractivity contribution in [1.29, 1.82) is 0 Å². The van der Waals surface area contributed by atoms with E-state index in [2.05, 4.69) is 25.6 Å². The van der Waals surface area contributed by atoms with E-state index in [1.54, 1.807) is 0 Å². The molecule has 2 rings (SSSR count). The maximum absolute atomic E-state index is 11.2. The van der Waals surface area contributed by atoms with E-state index in [0.29, 0.717) is 23.2 Å². The number of aryl methyl sites for hydroxylation is 1. The summed E-state index contributed by atoms with van der Waals surface area (Å²) in [5.41, 5.74) is 1.06. The Hall–Kier alpha value is -2.21. The van der Waals surface area contributed by atoms with Crippen LogP contribution >= 0.6 is 11.6 Å². The van der Waals surface area contributed by atoms with Gasteiger partial charge in [0, 0.05) is 18.4 Å². The van der Waals surface area contributed by atoms with E-state index in [0.717, 1.165) is 5.56 Å². The van der Waals surface area contributed by atoms with Gasteiger partial charge in [0.2, 0.25) is 17.8 Å². The Kier molecular flexibility index (Phi) is 5.27. The van der Waals surface area contributed by atoms with Gasteiger partial charge in [-0.2, -0.15) is 15.0 Å². The Morgan fingerprint density at radius 2 is 1.82 bits per heavy atom. The number of nitrogens with zero attached hydrogens (tertiary/aromatic N) is 3. The molecule has 7 heteroatoms. The smallest absolute Gasteiger partial charge is 0.234 e. The first kappa shape index (κ1) is 16.2. The number of carbonyl (C=O) groups excluding carboxylic acids is 1. The highest BCUT2D eigenvalue weighted by atomic mass is 35.5. The van der Waals surface area contributed by atoms with Crippen LogP contribution in [0.3, 0.4) is 0 Å². The molecule has 0 radical (unpaired) electrons. The molecule has 0 aliphatic carbocycles. The number of rotatable bonds is 5. The zero-order valence-electron chi connectivity index (χ0n) is 12.7. The van der Waals surface area contributed by atoms with Crippen molar-refractivity contribution in [2.24, 2.45) is 0 Å². The highest BCUT2D eigenvalue weighted by molar-refractivity contribution is 6.30. The first-order valence-electron chi connectivity index (χ1n) is 7.02. The van der Waals surface area contributed by atoms with Crippen molar-refractivity contribution in [2.45, 2.75) is 33.2 Å². The monoisotopic (exact) mass is 319 g/mol. The van der Waals surface area contributed by atoms with E-state index >= 15 is 0 Å². The first-order valence-corrected chi connectivity index (χ1v) is 7.40. The molecule has 0 saturated heterocycles. The third-order valence-electron chi connectivity index (χ3n) is 3.00. The Bertz CT molecular complexity index is 659. The Labute approximate surface area is 134 Å². The van der Waals surface area contributed by atoms with Crippen LogP contribution in [0.25, 0.3) is 0 Å². The summed E-state index contributed by atoms with van der Waals surface area (Å²) < 4.78 is 0. The molecule has 0 aliphatic rings. The van der Waals surface area contributed by atoms with Crippen molar-refractivity contribution in [3.8, 4) is 0 Å². The molecule has 1 amide bonds. The number of hydrogen-bond acceptors (Lipinski definition) is 5. The molecule has 1 unspecified atom stereocenters. The molecule has 22 heavy (non-hydrogen) atoms. The van der Waals surface area contributed by atoms with Crippen LogP contribution in [0, 0.1) is 0 Å². The van der Waals surface area contributed by atoms with Gasteiger partial charge in [-0.3, -0.25) is 10.1 Å². The zero-order chi connectivity index (χ0) is 16.1. The lowest BCUT2D eigenvalue weighted by molar-refractivity contribution is -0.114. The molecule has 116 valence electrons. The molecule has 0 aliphatic heterocycles. The number of amides is 1. The highest BCUT2D eigenvalue weighted by Crippen LogP contribution is 2.19. The van der Waals surface area contributed by atoms with E-state index in [1.165, 1.54) is 6.92 Å². The molecule has 2 N–H and O–H groups in total. The van der Waals surface area contributed by atoms with E-state index in [9.17, 15) is 4.79 Å². The number of halogens is 1. The second-order valence-corrected chi connectivity index (χ2v) is 5.29. The third-order valence-corrected chi connectivity index (χ3v) is 3.25. The summed E-state index contributed by atoms with van der Waals surface area (Å²) in [7, 11) is 0. The van der Waals surface area contributed by atoms with Crippen molar-refractivity contribution < 1.29 is 4.79 Å². The molecule has 6 nitrogen and oxygen atoms in total. The van der Waals surface area contributed by atoms with Gasteiger partial charge in [0.25, 0.3) is 0 Å². The van der Waals surface area contributed by atoms with Crippen LogP contribution in [0.5, 0.6) is 0 Å². The standard InChI is InChI=1S/C15H18ClN5O/c1-4-13-19-14(21-15(20-13)18-10(3)22)17-9(2)11-5-7-12(16)8-6-11/h5-9H,4H2,1-3H3,(H2,17,18,19,20,21,22). The minimum Gasteiger partial charge on any atom is -0.348 e. The van der Waals surface area contributed by atoms with Crippen molar-refractivity contribution in [2.75, 3.05) is 10.6 Å². The van der Waals surface area contributed by atoms with Gasteiger partial charge in [0.05, 0.1) is 6.04 Å². The van der Waals surface area contributed by atoms with Crippen LogP contribution in [0.2, 0.25) is 5.02 Å². The van der Waals surface area contributed by atoms with Gasteiger partial charge < -0.3 is 5.32 Å². The van der Waals surface area contributed by atoms with Gasteiger partial charge in [-0.25, -0.2) is 0 Å². The summed E-state index contributed by atoms with van der Waals surface area (Å²) >= 11 is 5.89. The van der Waals surface area contributed by atoms with Gasteiger partial charge in [-0.15, -0.1) is 0 Å². The summed E-state index contributed by atoms with van der Waals surface area (Å²) in [5, 5.41) is 6.48. The summed E-state index contributed by atoms with van der Waals surface area (Å²) in [5.74, 6) is 1.08. The Morgan fingerprint density at radius 1 is 1.18 bits per heavy atom. The second kappa shape index (κ2) is 7.17. The average molecular weight is 320 g/mol. The van der Waals surface area contributed by atoms with Crippen LogP contribution in [0.15, 0.2) is 24.3 Å². The molecule has 1 aromatic carbocycles. The molecule has 0 bridgehead atoms. The molecular weight excluding hydrogens is 302 g/mol. The van der Waals surface area contributed by atoms with E-state index in [1.807, 2.05) is 38.1 Å². The first-order chi connectivity index (χ1) is 10.5. The van der Waals surface area contributed by atoms with Gasteiger partial charge in [-0.1, -0.05) is 30.7 Å². The number of aromatic nitrogens is 3. The normalized spacial score (nSPS) is 11.8. The van der Waals surface area contributed by atoms with Crippen LogP contribution in [0.4, 0.5) is 11.9 Å². The fourth-order valence-corrected chi connectivity index (χ4v) is 2.01. The second-order valence-electron chi connectivity index (χ2n) is 4.85. The predicted molar refractivity (Wildman–Crippen MR) is 87.0 cm³/mol. The molecule has 0 fully saturated rings. The van der Waals surface area contributed by atoms with Gasteiger partial charge in [0.15, 0.2) is 0 Å². The number of hydrogen-bond donors (Lipinski definition) is 2. The molecule has 1 heterocycles. The topological polar surface area (TPSA) is 79.8 Å². The van der Waals surface area contributed by atoms with Crippen LogP contribution in [-0.2, 0) is 11.2 Å². The number of benzene rings is 1. The Balaban J connectivity index is 2.20. The summed E-state index contributed by atoms with van der Waals surface area (Å²) in [6, 6.07) is 7.55. The minimum atomic E-state index is -0.218. The lowest BCUT2D eigenvalue weighted by Crippen LogP contribution is -2.15. The van der Waals surface area contributed by atoms with E-state index in [4.69, 9.17) is 11.6 Å². The lowest BCUT2D eigenvalue weighted by Gasteiger charge is -2.15. The van der Waals surface area contributed by atoms with Crippen LogP contribution in [-0.4, -0.2) is 20.9 Å². The SMILES string of the molecule is CCc1nc(NC(C)=O)nc(NC(C)c2ccc(Cl)cc2)n1. The third kappa shape index (κ3) is 4.39. The zero-order valence-corrected chi connectivity index (χ0v) is 13.5. The molecule has 2 aromatic rings. The molecule has 0 spiro atoms. The van der Waals surface area contributed by atoms with Crippen molar-refractivity contribution in [3.05, 3.63) is 40.7 Å². The van der Waals surface area contributed by atoms with Crippen LogP contribution < -0.4 is 10.6 Å². The maximum Gasteiger partial charge on any atom is 0.234 e. The van der Waals surface area contributed by atoms with E-state index < -0.39 is 0 Å². The average Bonchev–Trinajstić information content (AvgIpc) is 2.46. The fourth-order valence-electron chi connectivity index (χ4n) is 1.88. The van der Waals surface area contributed by atoms with Crippen molar-refractivity contribution in [1.82, 2.24) is 15.0 Å². The lowest BCUT2D eigenvalue weighted by atomic mass is 10.1. The largest absolute Gasteiger partial charge is 0.348 e. The molecule has 1 atom stereocenters. The van der Waals surface area contributed by atoms with Crippen molar-refractivity contribution >= 4 is 29.4 Å². The number of nitrogens with one attached hydrogen (secondary N) is 2.